The van der Waals surface area contributed by atoms with Crippen LogP contribution in [0.15, 0.2) is 95.2 Å². The topological polar surface area (TPSA) is 77.0 Å². The van der Waals surface area contributed by atoms with Crippen LogP contribution in [0, 0.1) is 0 Å². The van der Waals surface area contributed by atoms with E-state index in [4.69, 9.17) is 16.3 Å². The SMILES string of the molecule is O=C(NCc1ccccn1)c1ccc(Oc2nccnc2Sc2ccc(Cl)cc2)cc1. The third-order valence-electron chi connectivity index (χ3n) is 4.15. The van der Waals surface area contributed by atoms with E-state index < -0.39 is 0 Å². The number of benzene rings is 2. The summed E-state index contributed by atoms with van der Waals surface area (Å²) >= 11 is 7.37. The zero-order valence-corrected chi connectivity index (χ0v) is 17.8. The van der Waals surface area contributed by atoms with Crippen LogP contribution in [0.5, 0.6) is 11.6 Å². The molecule has 0 aliphatic heterocycles. The van der Waals surface area contributed by atoms with Gasteiger partial charge in [-0.3, -0.25) is 9.78 Å². The normalized spacial score (nSPS) is 10.5. The van der Waals surface area contributed by atoms with Crippen LogP contribution in [0.1, 0.15) is 16.1 Å². The highest BCUT2D eigenvalue weighted by Gasteiger charge is 2.11. The number of pyridine rings is 1. The smallest absolute Gasteiger partial charge is 0.252 e. The lowest BCUT2D eigenvalue weighted by molar-refractivity contribution is 0.0950. The summed E-state index contributed by atoms with van der Waals surface area (Å²) in [6.45, 7) is 0.364. The van der Waals surface area contributed by atoms with Gasteiger partial charge in [-0.25, -0.2) is 9.97 Å². The van der Waals surface area contributed by atoms with Gasteiger partial charge in [-0.15, -0.1) is 0 Å². The monoisotopic (exact) mass is 448 g/mol. The van der Waals surface area contributed by atoms with Gasteiger partial charge in [0.25, 0.3) is 11.8 Å². The molecule has 4 rings (SSSR count). The number of halogens is 1. The Labute approximate surface area is 188 Å². The first-order valence-electron chi connectivity index (χ1n) is 9.38. The molecule has 0 saturated carbocycles. The summed E-state index contributed by atoms with van der Waals surface area (Å²) in [6.07, 6.45) is 4.88. The molecule has 6 nitrogen and oxygen atoms in total. The predicted octanol–water partition coefficient (Wildman–Crippen LogP) is 5.40. The van der Waals surface area contributed by atoms with E-state index in [0.717, 1.165) is 10.6 Å². The van der Waals surface area contributed by atoms with Gasteiger partial charge in [0.05, 0.1) is 12.2 Å². The molecule has 2 heterocycles. The summed E-state index contributed by atoms with van der Waals surface area (Å²) in [6, 6.07) is 19.9. The largest absolute Gasteiger partial charge is 0.437 e. The van der Waals surface area contributed by atoms with Gasteiger partial charge in [-0.1, -0.05) is 29.4 Å². The number of nitrogens with one attached hydrogen (secondary N) is 1. The molecule has 1 N–H and O–H groups in total. The summed E-state index contributed by atoms with van der Waals surface area (Å²) < 4.78 is 5.91. The fourth-order valence-electron chi connectivity index (χ4n) is 2.63. The number of hydrogen-bond acceptors (Lipinski definition) is 6. The maximum Gasteiger partial charge on any atom is 0.252 e. The highest BCUT2D eigenvalue weighted by Crippen LogP contribution is 2.34. The molecule has 0 bridgehead atoms. The Morgan fingerprint density at radius 3 is 2.42 bits per heavy atom. The van der Waals surface area contributed by atoms with E-state index in [1.54, 1.807) is 42.9 Å². The second-order valence-electron chi connectivity index (χ2n) is 6.35. The number of aromatic nitrogens is 3. The van der Waals surface area contributed by atoms with Crippen molar-refractivity contribution in [2.45, 2.75) is 16.5 Å². The van der Waals surface area contributed by atoms with E-state index in [-0.39, 0.29) is 5.91 Å². The molecule has 2 aromatic carbocycles. The molecule has 0 spiro atoms. The average Bonchev–Trinajstić information content (AvgIpc) is 2.81. The molecule has 0 atom stereocenters. The first-order valence-corrected chi connectivity index (χ1v) is 10.6. The minimum Gasteiger partial charge on any atom is -0.437 e. The summed E-state index contributed by atoms with van der Waals surface area (Å²) in [5.74, 6) is 0.755. The van der Waals surface area contributed by atoms with Crippen LogP contribution in [-0.4, -0.2) is 20.9 Å². The van der Waals surface area contributed by atoms with E-state index in [1.807, 2.05) is 42.5 Å². The van der Waals surface area contributed by atoms with Crippen LogP contribution < -0.4 is 10.1 Å². The Morgan fingerprint density at radius 2 is 1.68 bits per heavy atom. The molecule has 31 heavy (non-hydrogen) atoms. The highest BCUT2D eigenvalue weighted by molar-refractivity contribution is 7.99. The quantitative estimate of drug-likeness (QED) is 0.408. The molecule has 1 amide bonds. The van der Waals surface area contributed by atoms with Crippen LogP contribution in [0.25, 0.3) is 0 Å². The number of carbonyl (C=O) groups excluding carboxylic acids is 1. The molecule has 0 fully saturated rings. The van der Waals surface area contributed by atoms with Crippen molar-refractivity contribution in [3.63, 3.8) is 0 Å². The average molecular weight is 449 g/mol. The Hall–Kier alpha value is -3.42. The Bertz CT molecular complexity index is 1160. The Balaban J connectivity index is 1.41. The van der Waals surface area contributed by atoms with Crippen LogP contribution in [-0.2, 0) is 6.54 Å². The molecule has 4 aromatic rings. The first-order chi connectivity index (χ1) is 15.2. The van der Waals surface area contributed by atoms with Crippen molar-refractivity contribution in [3.05, 3.63) is 102 Å². The Morgan fingerprint density at radius 1 is 0.903 bits per heavy atom. The standard InChI is InChI=1S/C23H17ClN4O2S/c24-17-6-10-20(11-7-17)31-23-22(26-13-14-27-23)30-19-8-4-16(5-9-19)21(29)28-15-18-3-1-2-12-25-18/h1-14H,15H2,(H,28,29). The number of carbonyl (C=O) groups is 1. The van der Waals surface area contributed by atoms with Crippen LogP contribution in [0.4, 0.5) is 0 Å². The molecule has 8 heteroatoms. The molecular weight excluding hydrogens is 432 g/mol. The van der Waals surface area contributed by atoms with E-state index in [1.165, 1.54) is 11.8 Å². The zero-order valence-electron chi connectivity index (χ0n) is 16.2. The Kier molecular flexibility index (Phi) is 6.76. The van der Waals surface area contributed by atoms with Crippen LogP contribution >= 0.6 is 23.4 Å². The van der Waals surface area contributed by atoms with Crippen LogP contribution in [0.2, 0.25) is 5.02 Å². The minimum atomic E-state index is -0.185. The third kappa shape index (κ3) is 5.81. The van der Waals surface area contributed by atoms with Crippen LogP contribution in [0.3, 0.4) is 0 Å². The van der Waals surface area contributed by atoms with E-state index in [2.05, 4.69) is 20.3 Å². The summed E-state index contributed by atoms with van der Waals surface area (Å²) in [5.41, 5.74) is 1.32. The molecule has 0 unspecified atom stereocenters. The van der Waals surface area contributed by atoms with Gasteiger partial charge >= 0.3 is 0 Å². The third-order valence-corrected chi connectivity index (χ3v) is 5.38. The fraction of sp³-hybridized carbons (Fsp3) is 0.0435. The van der Waals surface area contributed by atoms with Crippen molar-refractivity contribution in [2.24, 2.45) is 0 Å². The maximum absolute atomic E-state index is 12.4. The van der Waals surface area contributed by atoms with Crippen molar-refractivity contribution in [3.8, 4) is 11.6 Å². The second-order valence-corrected chi connectivity index (χ2v) is 7.85. The zero-order chi connectivity index (χ0) is 21.5. The number of rotatable bonds is 7. The van der Waals surface area contributed by atoms with E-state index in [9.17, 15) is 4.79 Å². The second kappa shape index (κ2) is 10.1. The number of nitrogens with zero attached hydrogens (tertiary/aromatic N) is 3. The van der Waals surface area contributed by atoms with Crippen molar-refractivity contribution < 1.29 is 9.53 Å². The van der Waals surface area contributed by atoms with Gasteiger partial charge in [-0.05, 0) is 60.7 Å². The van der Waals surface area contributed by atoms with Gasteiger partial charge < -0.3 is 10.1 Å². The van der Waals surface area contributed by atoms with Gasteiger partial charge in [0.15, 0.2) is 5.03 Å². The number of hydrogen-bond donors (Lipinski definition) is 1. The van der Waals surface area contributed by atoms with Crippen molar-refractivity contribution in [2.75, 3.05) is 0 Å². The predicted molar refractivity (Wildman–Crippen MR) is 120 cm³/mol. The van der Waals surface area contributed by atoms with Crippen molar-refractivity contribution >= 4 is 29.3 Å². The molecule has 2 aromatic heterocycles. The minimum absolute atomic E-state index is 0.185. The lowest BCUT2D eigenvalue weighted by atomic mass is 10.2. The number of amides is 1. The molecule has 154 valence electrons. The molecule has 0 radical (unpaired) electrons. The molecule has 0 saturated heterocycles. The van der Waals surface area contributed by atoms with Gasteiger partial charge in [0.2, 0.25) is 0 Å². The fourth-order valence-corrected chi connectivity index (χ4v) is 3.55. The lowest BCUT2D eigenvalue weighted by Crippen LogP contribution is -2.23. The lowest BCUT2D eigenvalue weighted by Gasteiger charge is -2.09. The first kappa shape index (κ1) is 20.8. The van der Waals surface area contributed by atoms with Gasteiger partial charge in [0.1, 0.15) is 5.75 Å². The van der Waals surface area contributed by atoms with Gasteiger partial charge in [-0.2, -0.15) is 0 Å². The molecule has 0 aliphatic rings. The summed E-state index contributed by atoms with van der Waals surface area (Å²) in [7, 11) is 0. The number of ether oxygens (including phenoxy) is 1. The molecule has 0 aliphatic carbocycles. The van der Waals surface area contributed by atoms with E-state index >= 15 is 0 Å². The summed E-state index contributed by atoms with van der Waals surface area (Å²) in [5, 5.41) is 4.14. The molecular formula is C23H17ClN4O2S. The van der Waals surface area contributed by atoms with Crippen molar-refractivity contribution in [1.29, 1.82) is 0 Å². The summed E-state index contributed by atoms with van der Waals surface area (Å²) in [4.78, 5) is 26.2. The highest BCUT2D eigenvalue weighted by atomic mass is 35.5. The van der Waals surface area contributed by atoms with Gasteiger partial charge in [0, 0.05) is 34.1 Å². The maximum atomic E-state index is 12.4. The van der Waals surface area contributed by atoms with E-state index in [0.29, 0.717) is 33.8 Å². The van der Waals surface area contributed by atoms with Crippen molar-refractivity contribution in [1.82, 2.24) is 20.3 Å².